The SMILES string of the molecule is OCCCN(Cc1nc(Cc2ccccc2)no1)C(c1ccccc1)c1ccccc1. The van der Waals surface area contributed by atoms with Gasteiger partial charge in [0, 0.05) is 19.6 Å². The van der Waals surface area contributed by atoms with Crippen molar-refractivity contribution in [1.82, 2.24) is 15.0 Å². The summed E-state index contributed by atoms with van der Waals surface area (Å²) in [5, 5.41) is 13.7. The van der Waals surface area contributed by atoms with E-state index in [1.165, 1.54) is 11.1 Å². The lowest BCUT2D eigenvalue weighted by Crippen LogP contribution is -2.31. The van der Waals surface area contributed by atoms with Crippen LogP contribution >= 0.6 is 0 Å². The van der Waals surface area contributed by atoms with Crippen molar-refractivity contribution < 1.29 is 9.63 Å². The zero-order valence-electron chi connectivity index (χ0n) is 17.5. The molecule has 4 rings (SSSR count). The molecule has 1 aromatic heterocycles. The number of benzene rings is 3. The molecular formula is C26H27N3O2. The summed E-state index contributed by atoms with van der Waals surface area (Å²) in [6.07, 6.45) is 1.31. The van der Waals surface area contributed by atoms with Crippen LogP contribution in [-0.2, 0) is 13.0 Å². The Hall–Kier alpha value is -3.28. The van der Waals surface area contributed by atoms with E-state index in [1.807, 2.05) is 30.3 Å². The summed E-state index contributed by atoms with van der Waals surface area (Å²) in [6, 6.07) is 31.0. The number of aliphatic hydroxyl groups is 1. The molecule has 0 spiro atoms. The highest BCUT2D eigenvalue weighted by molar-refractivity contribution is 5.32. The molecule has 0 bridgehead atoms. The average molecular weight is 414 g/mol. The summed E-state index contributed by atoms with van der Waals surface area (Å²) >= 11 is 0. The Kier molecular flexibility index (Phi) is 7.21. The standard InChI is InChI=1S/C26H27N3O2/c30-18-10-17-29(20-25-27-24(28-31-25)19-21-11-4-1-5-12-21)26(22-13-6-2-7-14-22)23-15-8-3-9-16-23/h1-9,11-16,26,30H,10,17-20H2. The van der Waals surface area contributed by atoms with Crippen LogP contribution in [0.15, 0.2) is 95.5 Å². The van der Waals surface area contributed by atoms with E-state index in [1.54, 1.807) is 0 Å². The highest BCUT2D eigenvalue weighted by Gasteiger charge is 2.24. The van der Waals surface area contributed by atoms with Gasteiger partial charge in [-0.25, -0.2) is 0 Å². The number of hydrogen-bond donors (Lipinski definition) is 1. The molecule has 5 heteroatoms. The Morgan fingerprint density at radius 3 is 1.97 bits per heavy atom. The maximum Gasteiger partial charge on any atom is 0.240 e. The van der Waals surface area contributed by atoms with Gasteiger partial charge in [-0.05, 0) is 23.1 Å². The summed E-state index contributed by atoms with van der Waals surface area (Å²) in [5.74, 6) is 1.26. The lowest BCUT2D eigenvalue weighted by Gasteiger charge is -2.31. The summed E-state index contributed by atoms with van der Waals surface area (Å²) in [4.78, 5) is 6.93. The predicted octanol–water partition coefficient (Wildman–Crippen LogP) is 4.63. The molecule has 0 aliphatic heterocycles. The van der Waals surface area contributed by atoms with Gasteiger partial charge in [0.15, 0.2) is 5.82 Å². The Balaban J connectivity index is 1.59. The minimum atomic E-state index is 0.0263. The van der Waals surface area contributed by atoms with Gasteiger partial charge >= 0.3 is 0 Å². The van der Waals surface area contributed by atoms with Gasteiger partial charge in [-0.15, -0.1) is 0 Å². The van der Waals surface area contributed by atoms with Gasteiger partial charge in [0.2, 0.25) is 5.89 Å². The first-order valence-corrected chi connectivity index (χ1v) is 10.6. The summed E-state index contributed by atoms with van der Waals surface area (Å²) in [6.45, 7) is 1.35. The molecule has 5 nitrogen and oxygen atoms in total. The maximum absolute atomic E-state index is 9.49. The zero-order valence-corrected chi connectivity index (χ0v) is 17.5. The van der Waals surface area contributed by atoms with Crippen LogP contribution in [0.25, 0.3) is 0 Å². The third-order valence-electron chi connectivity index (χ3n) is 5.25. The predicted molar refractivity (Wildman–Crippen MR) is 120 cm³/mol. The molecule has 0 saturated heterocycles. The molecule has 4 aromatic rings. The zero-order chi connectivity index (χ0) is 21.3. The molecular weight excluding hydrogens is 386 g/mol. The molecule has 31 heavy (non-hydrogen) atoms. The maximum atomic E-state index is 9.49. The van der Waals surface area contributed by atoms with E-state index in [9.17, 15) is 5.11 Å². The molecule has 0 radical (unpaired) electrons. The Morgan fingerprint density at radius 1 is 0.806 bits per heavy atom. The van der Waals surface area contributed by atoms with Crippen LogP contribution < -0.4 is 0 Å². The van der Waals surface area contributed by atoms with E-state index in [0.717, 1.165) is 5.56 Å². The molecule has 0 aliphatic rings. The van der Waals surface area contributed by atoms with E-state index >= 15 is 0 Å². The van der Waals surface area contributed by atoms with E-state index in [2.05, 4.69) is 75.7 Å². The number of nitrogens with zero attached hydrogens (tertiary/aromatic N) is 3. The van der Waals surface area contributed by atoms with Crippen molar-refractivity contribution in [3.63, 3.8) is 0 Å². The molecule has 158 valence electrons. The second-order valence-electron chi connectivity index (χ2n) is 7.54. The van der Waals surface area contributed by atoms with Crippen LogP contribution in [0.4, 0.5) is 0 Å². The number of aromatic nitrogens is 2. The van der Waals surface area contributed by atoms with Crippen LogP contribution in [-0.4, -0.2) is 33.3 Å². The third-order valence-corrected chi connectivity index (χ3v) is 5.25. The number of aliphatic hydroxyl groups excluding tert-OH is 1. The Morgan fingerprint density at radius 2 is 1.39 bits per heavy atom. The van der Waals surface area contributed by atoms with Gasteiger partial charge in [0.1, 0.15) is 0 Å². The van der Waals surface area contributed by atoms with Crippen LogP contribution in [0.2, 0.25) is 0 Å². The third kappa shape index (κ3) is 5.66. The second kappa shape index (κ2) is 10.7. The van der Waals surface area contributed by atoms with Crippen LogP contribution in [0.3, 0.4) is 0 Å². The first kappa shape index (κ1) is 21.0. The molecule has 1 heterocycles. The van der Waals surface area contributed by atoms with Crippen LogP contribution in [0.1, 0.15) is 40.9 Å². The van der Waals surface area contributed by atoms with Gasteiger partial charge in [-0.1, -0.05) is 96.2 Å². The van der Waals surface area contributed by atoms with E-state index < -0.39 is 0 Å². The summed E-state index contributed by atoms with van der Waals surface area (Å²) in [5.41, 5.74) is 3.53. The second-order valence-corrected chi connectivity index (χ2v) is 7.54. The minimum Gasteiger partial charge on any atom is -0.396 e. The quantitative estimate of drug-likeness (QED) is 0.411. The Labute approximate surface area is 183 Å². The topological polar surface area (TPSA) is 62.4 Å². The van der Waals surface area contributed by atoms with E-state index in [4.69, 9.17) is 4.52 Å². The van der Waals surface area contributed by atoms with Crippen LogP contribution in [0.5, 0.6) is 0 Å². The van der Waals surface area contributed by atoms with Crippen molar-refractivity contribution >= 4 is 0 Å². The average Bonchev–Trinajstić information content (AvgIpc) is 3.26. The van der Waals surface area contributed by atoms with E-state index in [0.29, 0.717) is 37.6 Å². The van der Waals surface area contributed by atoms with Crippen molar-refractivity contribution in [2.75, 3.05) is 13.2 Å². The molecule has 0 unspecified atom stereocenters. The Bertz CT molecular complexity index is 996. The van der Waals surface area contributed by atoms with Gasteiger partial charge in [-0.2, -0.15) is 4.98 Å². The van der Waals surface area contributed by atoms with Gasteiger partial charge in [-0.3, -0.25) is 4.90 Å². The molecule has 0 fully saturated rings. The van der Waals surface area contributed by atoms with Crippen molar-refractivity contribution in [2.45, 2.75) is 25.4 Å². The summed E-state index contributed by atoms with van der Waals surface area (Å²) in [7, 11) is 0. The fourth-order valence-electron chi connectivity index (χ4n) is 3.84. The normalized spacial score (nSPS) is 11.3. The van der Waals surface area contributed by atoms with E-state index in [-0.39, 0.29) is 12.6 Å². The lowest BCUT2D eigenvalue weighted by atomic mass is 9.96. The van der Waals surface area contributed by atoms with Crippen LogP contribution in [0, 0.1) is 0 Å². The molecule has 0 amide bonds. The smallest absolute Gasteiger partial charge is 0.240 e. The van der Waals surface area contributed by atoms with Gasteiger partial charge in [0.05, 0.1) is 12.6 Å². The molecule has 0 atom stereocenters. The van der Waals surface area contributed by atoms with Crippen molar-refractivity contribution in [3.05, 3.63) is 119 Å². The summed E-state index contributed by atoms with van der Waals surface area (Å²) < 4.78 is 5.60. The molecule has 3 aromatic carbocycles. The van der Waals surface area contributed by atoms with Crippen molar-refractivity contribution in [2.24, 2.45) is 0 Å². The first-order chi connectivity index (χ1) is 15.3. The molecule has 0 aliphatic carbocycles. The lowest BCUT2D eigenvalue weighted by molar-refractivity contribution is 0.167. The fourth-order valence-corrected chi connectivity index (χ4v) is 3.84. The molecule has 0 saturated carbocycles. The largest absolute Gasteiger partial charge is 0.396 e. The van der Waals surface area contributed by atoms with Crippen molar-refractivity contribution in [3.8, 4) is 0 Å². The first-order valence-electron chi connectivity index (χ1n) is 10.6. The highest BCUT2D eigenvalue weighted by atomic mass is 16.5. The number of rotatable bonds is 10. The van der Waals surface area contributed by atoms with Gasteiger partial charge in [0.25, 0.3) is 0 Å². The number of hydrogen-bond acceptors (Lipinski definition) is 5. The molecule has 1 N–H and O–H groups in total. The fraction of sp³-hybridized carbons (Fsp3) is 0.231. The van der Waals surface area contributed by atoms with Gasteiger partial charge < -0.3 is 9.63 Å². The minimum absolute atomic E-state index is 0.0263. The highest BCUT2D eigenvalue weighted by Crippen LogP contribution is 2.30. The monoisotopic (exact) mass is 413 g/mol. The van der Waals surface area contributed by atoms with Crippen molar-refractivity contribution in [1.29, 1.82) is 0 Å².